The molecule has 280 valence electrons. The molecule has 0 bridgehead atoms. The number of hydrogen-bond acceptors (Lipinski definition) is 4. The van der Waals surface area contributed by atoms with Gasteiger partial charge in [0.2, 0.25) is 5.91 Å². The van der Waals surface area contributed by atoms with Gasteiger partial charge in [-0.15, -0.1) is 0 Å². The molecular weight excluding hydrogens is 658 g/mol. The third kappa shape index (κ3) is 6.74. The van der Waals surface area contributed by atoms with Crippen molar-refractivity contribution in [2.24, 2.45) is 56.7 Å². The maximum absolute atomic E-state index is 13.2. The summed E-state index contributed by atoms with van der Waals surface area (Å²) >= 11 is 6.17. The van der Waals surface area contributed by atoms with Crippen LogP contribution in [0.5, 0.6) is 0 Å². The summed E-state index contributed by atoms with van der Waals surface area (Å²) in [6.07, 6.45) is 14.9. The number of amides is 1. The van der Waals surface area contributed by atoms with E-state index in [1.807, 2.05) is 30.3 Å². The fourth-order valence-corrected chi connectivity index (χ4v) is 12.8. The molecule has 0 heterocycles. The van der Waals surface area contributed by atoms with E-state index in [1.54, 1.807) is 25.0 Å². The zero-order valence-corrected chi connectivity index (χ0v) is 33.1. The number of nitrogens with one attached hydrogen (secondary N) is 1. The van der Waals surface area contributed by atoms with Crippen LogP contribution in [0.2, 0.25) is 5.02 Å². The van der Waals surface area contributed by atoms with Crippen molar-refractivity contribution in [3.8, 4) is 0 Å². The van der Waals surface area contributed by atoms with Gasteiger partial charge in [-0.1, -0.05) is 82.5 Å². The minimum atomic E-state index is -1.14. The van der Waals surface area contributed by atoms with Crippen LogP contribution >= 0.6 is 11.6 Å². The molecule has 4 saturated carbocycles. The predicted molar refractivity (Wildman–Crippen MR) is 203 cm³/mol. The lowest BCUT2D eigenvalue weighted by Gasteiger charge is -2.68. The minimum Gasteiger partial charge on any atom is -0.481 e. The van der Waals surface area contributed by atoms with Crippen LogP contribution in [-0.4, -0.2) is 29.1 Å². The fraction of sp³-hybridized carbons (Fsp3) is 0.705. The Morgan fingerprint density at radius 1 is 0.980 bits per heavy atom. The van der Waals surface area contributed by atoms with Crippen molar-refractivity contribution >= 4 is 29.4 Å². The number of carbonyl (C=O) groups is 3. The van der Waals surface area contributed by atoms with E-state index in [0.29, 0.717) is 41.2 Å². The Balaban J connectivity index is 1.20. The number of fused-ring (bicyclic) bond motifs is 7. The number of aliphatic carboxylic acids is 1. The van der Waals surface area contributed by atoms with E-state index in [1.165, 1.54) is 25.7 Å². The van der Waals surface area contributed by atoms with Gasteiger partial charge in [-0.2, -0.15) is 0 Å². The lowest BCUT2D eigenvalue weighted by Crippen LogP contribution is -2.63. The molecule has 0 saturated heterocycles. The third-order valence-corrected chi connectivity index (χ3v) is 15.4. The quantitative estimate of drug-likeness (QED) is 0.151. The first-order valence-electron chi connectivity index (χ1n) is 19.7. The highest BCUT2D eigenvalue weighted by Gasteiger charge is 2.66. The zero-order valence-electron chi connectivity index (χ0n) is 32.4. The molecule has 2 N–H and O–H groups in total. The Labute approximate surface area is 311 Å². The second-order valence-electron chi connectivity index (χ2n) is 19.1. The first-order valence-corrected chi connectivity index (χ1v) is 20.1. The Bertz CT molecular complexity index is 1610. The molecule has 4 fully saturated rings. The van der Waals surface area contributed by atoms with Crippen molar-refractivity contribution < 1.29 is 24.2 Å². The smallest absolute Gasteiger partial charge is 0.309 e. The molecule has 5 aliphatic rings. The Hall–Kier alpha value is -2.60. The summed E-state index contributed by atoms with van der Waals surface area (Å²) in [5.41, 5.74) is 3.36. The maximum Gasteiger partial charge on any atom is 0.309 e. The summed E-state index contributed by atoms with van der Waals surface area (Å²) in [5, 5.41) is 13.4. The molecule has 1 aromatic rings. The van der Waals surface area contributed by atoms with Gasteiger partial charge >= 0.3 is 11.9 Å². The molecule has 5 aliphatic carbocycles. The summed E-state index contributed by atoms with van der Waals surface area (Å²) < 4.78 is 6.16. The molecule has 0 aromatic heterocycles. The largest absolute Gasteiger partial charge is 0.481 e. The van der Waals surface area contributed by atoms with Gasteiger partial charge in [0, 0.05) is 22.4 Å². The molecule has 1 amide bonds. The zero-order chi connectivity index (χ0) is 37.1. The standard InChI is InChI=1S/C44H62ClNO5/c1-27(2)30-14-21-44(23-18-36(47)46-26-28-10-9-11-29(45)24-28)22-15-32-31(38(30)44)12-13-34-42(32,7)19-16-33-41(5,6)35(17-20-43(33,34)8)51-37(48)25-40(3,4)39(49)50/h9-11,18,23-24,27,31-35H,12-17,19-22,25-26H2,1-8H3,(H,46,47)(H,49,50)/b23-18+. The number of rotatable bonds is 9. The highest BCUT2D eigenvalue weighted by Crippen LogP contribution is 2.73. The van der Waals surface area contributed by atoms with Gasteiger partial charge in [0.1, 0.15) is 6.10 Å². The Kier molecular flexibility index (Phi) is 10.2. The van der Waals surface area contributed by atoms with Gasteiger partial charge in [0.15, 0.2) is 0 Å². The monoisotopic (exact) mass is 719 g/mol. The number of ether oxygens (including phenoxy) is 1. The minimum absolute atomic E-state index is 0.0302. The van der Waals surface area contributed by atoms with Crippen LogP contribution < -0.4 is 5.32 Å². The molecule has 51 heavy (non-hydrogen) atoms. The van der Waals surface area contributed by atoms with Crippen LogP contribution in [0.3, 0.4) is 0 Å². The van der Waals surface area contributed by atoms with Gasteiger partial charge in [-0.25, -0.2) is 0 Å². The van der Waals surface area contributed by atoms with E-state index in [-0.39, 0.29) is 40.1 Å². The van der Waals surface area contributed by atoms with E-state index in [9.17, 15) is 19.5 Å². The van der Waals surface area contributed by atoms with Crippen LogP contribution in [0, 0.1) is 56.7 Å². The van der Waals surface area contributed by atoms with Crippen molar-refractivity contribution in [2.75, 3.05) is 0 Å². The van der Waals surface area contributed by atoms with E-state index in [0.717, 1.165) is 44.1 Å². The summed E-state index contributed by atoms with van der Waals surface area (Å²) in [7, 11) is 0. The first kappa shape index (κ1) is 38.1. The molecular formula is C44H62ClNO5. The van der Waals surface area contributed by atoms with E-state index in [2.05, 4.69) is 52.9 Å². The summed E-state index contributed by atoms with van der Waals surface area (Å²) in [6.45, 7) is 18.1. The fourth-order valence-electron chi connectivity index (χ4n) is 12.6. The van der Waals surface area contributed by atoms with Gasteiger partial charge in [0.05, 0.1) is 11.8 Å². The highest BCUT2D eigenvalue weighted by molar-refractivity contribution is 6.30. The maximum atomic E-state index is 13.2. The van der Waals surface area contributed by atoms with Crippen molar-refractivity contribution in [3.05, 3.63) is 58.1 Å². The summed E-state index contributed by atoms with van der Waals surface area (Å²) in [5.74, 6) is 1.33. The van der Waals surface area contributed by atoms with E-state index >= 15 is 0 Å². The molecule has 6 rings (SSSR count). The van der Waals surface area contributed by atoms with Gasteiger partial charge < -0.3 is 15.2 Å². The third-order valence-electron chi connectivity index (χ3n) is 15.2. The number of halogens is 1. The van der Waals surface area contributed by atoms with Gasteiger partial charge in [-0.3, -0.25) is 14.4 Å². The molecule has 8 atom stereocenters. The number of hydrogen-bond donors (Lipinski definition) is 2. The molecule has 0 aliphatic heterocycles. The number of carboxylic acid groups (broad SMARTS) is 1. The van der Waals surface area contributed by atoms with Gasteiger partial charge in [0.25, 0.3) is 0 Å². The number of carbonyl (C=O) groups excluding carboxylic acids is 2. The van der Waals surface area contributed by atoms with Crippen LogP contribution in [0.25, 0.3) is 0 Å². The second-order valence-corrected chi connectivity index (χ2v) is 19.6. The van der Waals surface area contributed by atoms with Crippen molar-refractivity contribution in [2.45, 2.75) is 139 Å². The number of esters is 1. The highest BCUT2D eigenvalue weighted by atomic mass is 35.5. The topological polar surface area (TPSA) is 92.7 Å². The van der Waals surface area contributed by atoms with E-state index < -0.39 is 17.4 Å². The lowest BCUT2D eigenvalue weighted by molar-refractivity contribution is -0.213. The number of benzene rings is 1. The molecule has 6 nitrogen and oxygen atoms in total. The Morgan fingerprint density at radius 3 is 2.39 bits per heavy atom. The number of carboxylic acids is 1. The second kappa shape index (κ2) is 13.7. The molecule has 0 spiro atoms. The number of allylic oxidation sites excluding steroid dienone is 3. The molecule has 7 heteroatoms. The predicted octanol–water partition coefficient (Wildman–Crippen LogP) is 10.3. The SMILES string of the molecule is CC(C)C1=C2C3CCC4C(C)(CCC5C(C)(C)C(OC(=O)CC(C)(C)C(=O)O)CCC54C)C3CCC2(/C=C/C(=O)NCc2cccc(Cl)c2)CC1. The van der Waals surface area contributed by atoms with Gasteiger partial charge in [-0.05, 0) is 142 Å². The summed E-state index contributed by atoms with van der Waals surface area (Å²) in [6, 6.07) is 7.65. The van der Waals surface area contributed by atoms with E-state index in [4.69, 9.17) is 16.3 Å². The van der Waals surface area contributed by atoms with Crippen LogP contribution in [0.4, 0.5) is 0 Å². The van der Waals surface area contributed by atoms with Crippen LogP contribution in [0.1, 0.15) is 132 Å². The van der Waals surface area contributed by atoms with Crippen molar-refractivity contribution in [1.82, 2.24) is 5.32 Å². The summed E-state index contributed by atoms with van der Waals surface area (Å²) in [4.78, 5) is 37.9. The molecule has 0 radical (unpaired) electrons. The average molecular weight is 720 g/mol. The van der Waals surface area contributed by atoms with Crippen molar-refractivity contribution in [1.29, 1.82) is 0 Å². The normalized spacial score (nSPS) is 35.8. The molecule has 1 aromatic carbocycles. The molecule has 8 unspecified atom stereocenters. The first-order chi connectivity index (χ1) is 23.8. The van der Waals surface area contributed by atoms with Crippen molar-refractivity contribution in [3.63, 3.8) is 0 Å². The van der Waals surface area contributed by atoms with Crippen LogP contribution in [-0.2, 0) is 25.7 Å². The van der Waals surface area contributed by atoms with Crippen LogP contribution in [0.15, 0.2) is 47.6 Å². The Morgan fingerprint density at radius 2 is 1.71 bits per heavy atom. The lowest BCUT2D eigenvalue weighted by atomic mass is 9.36. The average Bonchev–Trinajstić information content (AvgIpc) is 3.44.